The quantitative estimate of drug-likeness (QED) is 0.845. The predicted molar refractivity (Wildman–Crippen MR) is 73.4 cm³/mol. The van der Waals surface area contributed by atoms with Crippen molar-refractivity contribution >= 4 is 9.84 Å². The van der Waals surface area contributed by atoms with E-state index >= 15 is 0 Å². The van der Waals surface area contributed by atoms with Crippen molar-refractivity contribution in [3.8, 4) is 0 Å². The standard InChI is InChI=1S/C15H14O3S/c1-18-15-13-10-6-5-9-12(13)14(19(15,16)17)11-7-3-2-4-8-11/h2-10,14-15H,1H3/t14-,15-/m0/s1. The minimum absolute atomic E-state index is 0.630. The van der Waals surface area contributed by atoms with Gasteiger partial charge in [0.2, 0.25) is 0 Å². The molecule has 1 aliphatic rings. The number of hydrogen-bond acceptors (Lipinski definition) is 3. The SMILES string of the molecule is CO[C@@H]1c2ccccc2[C@H](c2ccccc2)S1(=O)=O. The Bertz CT molecular complexity index is 692. The molecule has 3 nitrogen and oxygen atoms in total. The normalized spacial score (nSPS) is 24.1. The van der Waals surface area contributed by atoms with Crippen LogP contribution in [0.2, 0.25) is 0 Å². The predicted octanol–water partition coefficient (Wildman–Crippen LogP) is 2.85. The van der Waals surface area contributed by atoms with E-state index in [2.05, 4.69) is 0 Å². The summed E-state index contributed by atoms with van der Waals surface area (Å²) in [5.41, 5.74) is 1.49. The molecule has 2 aromatic rings. The van der Waals surface area contributed by atoms with Crippen molar-refractivity contribution in [1.29, 1.82) is 0 Å². The zero-order valence-electron chi connectivity index (χ0n) is 10.5. The first-order valence-corrected chi connectivity index (χ1v) is 7.66. The van der Waals surface area contributed by atoms with Crippen LogP contribution >= 0.6 is 0 Å². The van der Waals surface area contributed by atoms with E-state index in [-0.39, 0.29) is 0 Å². The number of sulfone groups is 1. The van der Waals surface area contributed by atoms with Gasteiger partial charge in [0, 0.05) is 12.7 Å². The van der Waals surface area contributed by atoms with Gasteiger partial charge in [-0.25, -0.2) is 8.42 Å². The monoisotopic (exact) mass is 274 g/mol. The van der Waals surface area contributed by atoms with Gasteiger partial charge in [0.05, 0.1) is 0 Å². The van der Waals surface area contributed by atoms with Crippen molar-refractivity contribution in [2.75, 3.05) is 7.11 Å². The highest BCUT2D eigenvalue weighted by Gasteiger charge is 2.46. The Morgan fingerprint density at radius 2 is 1.47 bits per heavy atom. The van der Waals surface area contributed by atoms with Crippen molar-refractivity contribution in [3.63, 3.8) is 0 Å². The van der Waals surface area contributed by atoms with Crippen LogP contribution in [0.3, 0.4) is 0 Å². The third-order valence-corrected chi connectivity index (χ3v) is 5.70. The highest BCUT2D eigenvalue weighted by molar-refractivity contribution is 7.92. The molecule has 0 spiro atoms. The molecular formula is C15H14O3S. The number of ether oxygens (including phenoxy) is 1. The van der Waals surface area contributed by atoms with Gasteiger partial charge in [-0.1, -0.05) is 54.6 Å². The summed E-state index contributed by atoms with van der Waals surface area (Å²) in [4.78, 5) is 0. The minimum Gasteiger partial charge on any atom is -0.361 e. The second-order valence-corrected chi connectivity index (χ2v) is 6.65. The average Bonchev–Trinajstić information content (AvgIpc) is 2.65. The number of hydrogen-bond donors (Lipinski definition) is 0. The van der Waals surface area contributed by atoms with Gasteiger partial charge in [0.25, 0.3) is 0 Å². The molecular weight excluding hydrogens is 260 g/mol. The highest BCUT2D eigenvalue weighted by atomic mass is 32.2. The van der Waals surface area contributed by atoms with Crippen LogP contribution in [0.5, 0.6) is 0 Å². The lowest BCUT2D eigenvalue weighted by atomic mass is 10.00. The van der Waals surface area contributed by atoms with Crippen LogP contribution in [0.1, 0.15) is 27.4 Å². The van der Waals surface area contributed by atoms with Crippen LogP contribution in [0.4, 0.5) is 0 Å². The minimum atomic E-state index is -3.41. The van der Waals surface area contributed by atoms with Crippen LogP contribution < -0.4 is 0 Å². The second kappa shape index (κ2) is 4.47. The molecule has 1 heterocycles. The van der Waals surface area contributed by atoms with Gasteiger partial charge in [-0.2, -0.15) is 0 Å². The summed E-state index contributed by atoms with van der Waals surface area (Å²) in [5, 5.41) is -0.630. The molecule has 0 bridgehead atoms. The summed E-state index contributed by atoms with van der Waals surface area (Å²) >= 11 is 0. The van der Waals surface area contributed by atoms with Gasteiger partial charge in [0.15, 0.2) is 15.3 Å². The molecule has 2 aromatic carbocycles. The van der Waals surface area contributed by atoms with E-state index in [1.807, 2.05) is 54.6 Å². The summed E-state index contributed by atoms with van der Waals surface area (Å²) < 4.78 is 30.5. The number of rotatable bonds is 2. The zero-order valence-corrected chi connectivity index (χ0v) is 11.3. The van der Waals surface area contributed by atoms with Crippen LogP contribution in [0.15, 0.2) is 54.6 Å². The third-order valence-electron chi connectivity index (χ3n) is 3.48. The fraction of sp³-hybridized carbons (Fsp3) is 0.200. The molecule has 2 atom stereocenters. The number of fused-ring (bicyclic) bond motifs is 1. The first-order valence-electron chi connectivity index (χ1n) is 6.05. The van der Waals surface area contributed by atoms with E-state index in [9.17, 15) is 8.42 Å². The number of benzene rings is 2. The highest BCUT2D eigenvalue weighted by Crippen LogP contribution is 2.48. The lowest BCUT2D eigenvalue weighted by Gasteiger charge is -2.13. The fourth-order valence-electron chi connectivity index (χ4n) is 2.70. The lowest BCUT2D eigenvalue weighted by Crippen LogP contribution is -2.14. The van der Waals surface area contributed by atoms with Crippen LogP contribution in [-0.2, 0) is 14.6 Å². The molecule has 3 rings (SSSR count). The van der Waals surface area contributed by atoms with Crippen molar-refractivity contribution in [1.82, 2.24) is 0 Å². The molecule has 98 valence electrons. The molecule has 0 radical (unpaired) electrons. The maximum absolute atomic E-state index is 12.7. The molecule has 0 N–H and O–H groups in total. The third kappa shape index (κ3) is 1.79. The Morgan fingerprint density at radius 1 is 0.895 bits per heavy atom. The van der Waals surface area contributed by atoms with Gasteiger partial charge < -0.3 is 4.74 Å². The Labute approximate surface area is 112 Å². The van der Waals surface area contributed by atoms with Gasteiger partial charge >= 0.3 is 0 Å². The molecule has 0 unspecified atom stereocenters. The maximum Gasteiger partial charge on any atom is 0.192 e. The largest absolute Gasteiger partial charge is 0.361 e. The van der Waals surface area contributed by atoms with E-state index in [4.69, 9.17) is 4.74 Å². The summed E-state index contributed by atoms with van der Waals surface area (Å²) in [6.07, 6.45) is 0. The first-order chi connectivity index (χ1) is 9.16. The maximum atomic E-state index is 12.7. The Morgan fingerprint density at radius 3 is 2.11 bits per heavy atom. The first kappa shape index (κ1) is 12.4. The van der Waals surface area contributed by atoms with Gasteiger partial charge in [-0.15, -0.1) is 0 Å². The van der Waals surface area contributed by atoms with Crippen LogP contribution in [0.25, 0.3) is 0 Å². The Balaban J connectivity index is 2.25. The fourth-order valence-corrected chi connectivity index (χ4v) is 4.89. The average molecular weight is 274 g/mol. The van der Waals surface area contributed by atoms with E-state index in [0.29, 0.717) is 0 Å². The van der Waals surface area contributed by atoms with E-state index < -0.39 is 20.5 Å². The van der Waals surface area contributed by atoms with Gasteiger partial charge in [0.1, 0.15) is 5.25 Å². The summed E-state index contributed by atoms with van der Waals surface area (Å²) in [6, 6.07) is 16.7. The summed E-state index contributed by atoms with van der Waals surface area (Å²) in [7, 11) is -1.98. The molecule has 4 heteroatoms. The smallest absolute Gasteiger partial charge is 0.192 e. The summed E-state index contributed by atoms with van der Waals surface area (Å²) in [6.45, 7) is 0. The molecule has 0 fully saturated rings. The van der Waals surface area contributed by atoms with E-state index in [1.165, 1.54) is 7.11 Å². The molecule has 0 saturated heterocycles. The molecule has 19 heavy (non-hydrogen) atoms. The zero-order chi connectivity index (χ0) is 13.5. The molecule has 0 aliphatic carbocycles. The van der Waals surface area contributed by atoms with Crippen molar-refractivity contribution in [3.05, 3.63) is 71.3 Å². The van der Waals surface area contributed by atoms with E-state index in [0.717, 1.165) is 16.7 Å². The Hall–Kier alpha value is -1.65. The Kier molecular flexibility index (Phi) is 2.92. The van der Waals surface area contributed by atoms with Crippen molar-refractivity contribution in [2.45, 2.75) is 10.7 Å². The molecule has 0 saturated carbocycles. The molecule has 0 aromatic heterocycles. The second-order valence-electron chi connectivity index (χ2n) is 4.58. The number of methoxy groups -OCH3 is 1. The topological polar surface area (TPSA) is 43.4 Å². The van der Waals surface area contributed by atoms with Crippen molar-refractivity contribution < 1.29 is 13.2 Å². The van der Waals surface area contributed by atoms with Crippen LogP contribution in [-0.4, -0.2) is 15.5 Å². The molecule has 0 amide bonds. The van der Waals surface area contributed by atoms with E-state index in [1.54, 1.807) is 0 Å². The lowest BCUT2D eigenvalue weighted by molar-refractivity contribution is 0.168. The van der Waals surface area contributed by atoms with Crippen molar-refractivity contribution in [2.24, 2.45) is 0 Å². The van der Waals surface area contributed by atoms with Gasteiger partial charge in [-0.3, -0.25) is 0 Å². The molecule has 1 aliphatic heterocycles. The van der Waals surface area contributed by atoms with Crippen LogP contribution in [0, 0.1) is 0 Å². The van der Waals surface area contributed by atoms with Gasteiger partial charge in [-0.05, 0) is 11.1 Å². The summed E-state index contributed by atoms with van der Waals surface area (Å²) in [5.74, 6) is 0.